The van der Waals surface area contributed by atoms with Crippen molar-refractivity contribution in [3.05, 3.63) is 52.8 Å². The number of amides is 1. The maximum atomic E-state index is 13.3. The second-order valence-corrected chi connectivity index (χ2v) is 8.80. The van der Waals surface area contributed by atoms with E-state index in [1.54, 1.807) is 31.8 Å². The summed E-state index contributed by atoms with van der Waals surface area (Å²) >= 11 is 6.42. The summed E-state index contributed by atoms with van der Waals surface area (Å²) in [5, 5.41) is 12.5. The number of nitrogens with zero attached hydrogens (tertiary/aromatic N) is 6. The Morgan fingerprint density at radius 1 is 1.29 bits per heavy atom. The number of anilines is 2. The van der Waals surface area contributed by atoms with Crippen LogP contribution >= 0.6 is 11.6 Å². The van der Waals surface area contributed by atoms with Gasteiger partial charge in [0.2, 0.25) is 0 Å². The minimum Gasteiger partial charge on any atom is -0.500 e. The van der Waals surface area contributed by atoms with Gasteiger partial charge in [-0.25, -0.2) is 9.50 Å². The molecule has 0 aromatic carbocycles. The Morgan fingerprint density at radius 2 is 2.11 bits per heavy atom. The highest BCUT2D eigenvalue weighted by Crippen LogP contribution is 2.36. The lowest BCUT2D eigenvalue weighted by molar-refractivity contribution is 0.0359. The molecule has 11 nitrogen and oxygen atoms in total. The van der Waals surface area contributed by atoms with Crippen LogP contribution < -0.4 is 11.1 Å². The zero-order chi connectivity index (χ0) is 24.4. The standard InChI is InChI=1S/C23H27ClN8O3/c1-34-18-4-3-15(24)13-16(18)20-17(14-27-31(20)8-7-30-9-11-35-12-10-30)28-23(33)19-21(25)29-32-6-2-5-26-22(19)32/h2,5-6,13-14H,3-4,7-12H2,1H3,(H2,25,29)(H,28,33). The van der Waals surface area contributed by atoms with Crippen molar-refractivity contribution >= 4 is 40.2 Å². The quantitative estimate of drug-likeness (QED) is 0.508. The minimum atomic E-state index is -0.421. The van der Waals surface area contributed by atoms with Crippen LogP contribution in [0.4, 0.5) is 11.5 Å². The van der Waals surface area contributed by atoms with Gasteiger partial charge >= 0.3 is 0 Å². The smallest absolute Gasteiger partial charge is 0.263 e. The highest BCUT2D eigenvalue weighted by Gasteiger charge is 2.26. The molecule has 12 heteroatoms. The van der Waals surface area contributed by atoms with Gasteiger partial charge in [-0.15, -0.1) is 5.10 Å². The molecule has 1 fully saturated rings. The van der Waals surface area contributed by atoms with Crippen LogP contribution in [0.5, 0.6) is 0 Å². The summed E-state index contributed by atoms with van der Waals surface area (Å²) in [5.74, 6) is 0.464. The van der Waals surface area contributed by atoms with Gasteiger partial charge < -0.3 is 20.5 Å². The lowest BCUT2D eigenvalue weighted by Crippen LogP contribution is -2.38. The number of ether oxygens (including phenoxy) is 2. The first kappa shape index (κ1) is 23.3. The number of allylic oxidation sites excluding steroid dienone is 4. The van der Waals surface area contributed by atoms with Crippen LogP contribution in [-0.2, 0) is 16.0 Å². The third-order valence-corrected chi connectivity index (χ3v) is 6.46. The molecule has 3 N–H and O–H groups in total. The molecule has 35 heavy (non-hydrogen) atoms. The summed E-state index contributed by atoms with van der Waals surface area (Å²) < 4.78 is 14.5. The van der Waals surface area contributed by atoms with Gasteiger partial charge in [0.15, 0.2) is 11.5 Å². The number of carbonyl (C=O) groups is 1. The van der Waals surface area contributed by atoms with Crippen molar-refractivity contribution in [1.29, 1.82) is 0 Å². The van der Waals surface area contributed by atoms with E-state index in [0.717, 1.165) is 54.9 Å². The Bertz CT molecular complexity index is 1310. The van der Waals surface area contributed by atoms with E-state index in [1.807, 2.05) is 10.8 Å². The van der Waals surface area contributed by atoms with Gasteiger partial charge in [0.1, 0.15) is 11.3 Å². The normalized spacial score (nSPS) is 17.0. The number of rotatable bonds is 7. The molecule has 184 valence electrons. The van der Waals surface area contributed by atoms with E-state index >= 15 is 0 Å². The summed E-state index contributed by atoms with van der Waals surface area (Å²) in [6.45, 7) is 4.61. The Kier molecular flexibility index (Phi) is 6.71. The number of hydrogen-bond acceptors (Lipinski definition) is 8. The number of hydrogen-bond donors (Lipinski definition) is 2. The van der Waals surface area contributed by atoms with E-state index in [0.29, 0.717) is 30.7 Å². The number of aromatic nitrogens is 5. The van der Waals surface area contributed by atoms with Gasteiger partial charge in [0, 0.05) is 49.1 Å². The molecule has 1 amide bonds. The SMILES string of the molecule is COC1=C(c2c(NC(=O)c3c(N)nn4cccnc34)cnn2CCN2CCOCC2)C=C(Cl)CC1. The third-order valence-electron chi connectivity index (χ3n) is 6.16. The van der Waals surface area contributed by atoms with Gasteiger partial charge in [-0.05, 0) is 18.6 Å². The van der Waals surface area contributed by atoms with Crippen LogP contribution in [0.1, 0.15) is 28.9 Å². The van der Waals surface area contributed by atoms with Crippen LogP contribution in [0.25, 0.3) is 11.2 Å². The number of fused-ring (bicyclic) bond motifs is 1. The molecule has 4 heterocycles. The van der Waals surface area contributed by atoms with Gasteiger partial charge in [0.05, 0.1) is 44.4 Å². The summed E-state index contributed by atoms with van der Waals surface area (Å²) in [5.41, 5.74) is 8.69. The minimum absolute atomic E-state index is 0.0971. The van der Waals surface area contributed by atoms with Crippen LogP contribution in [0.15, 0.2) is 41.5 Å². The highest BCUT2D eigenvalue weighted by atomic mass is 35.5. The van der Waals surface area contributed by atoms with E-state index < -0.39 is 5.91 Å². The van der Waals surface area contributed by atoms with E-state index in [-0.39, 0.29) is 11.4 Å². The Balaban J connectivity index is 1.50. The van der Waals surface area contributed by atoms with Crippen LogP contribution in [0, 0.1) is 0 Å². The molecule has 3 aromatic rings. The van der Waals surface area contributed by atoms with E-state index in [9.17, 15) is 4.79 Å². The van der Waals surface area contributed by atoms with Crippen molar-refractivity contribution < 1.29 is 14.3 Å². The molecular formula is C23H27ClN8O3. The first-order chi connectivity index (χ1) is 17.0. The van der Waals surface area contributed by atoms with E-state index in [1.165, 1.54) is 4.52 Å². The first-order valence-electron chi connectivity index (χ1n) is 11.4. The molecule has 0 spiro atoms. The van der Waals surface area contributed by atoms with Crippen LogP contribution in [-0.4, -0.2) is 75.1 Å². The van der Waals surface area contributed by atoms with Crippen molar-refractivity contribution in [3.63, 3.8) is 0 Å². The summed E-state index contributed by atoms with van der Waals surface area (Å²) in [6, 6.07) is 1.72. The molecule has 0 saturated carbocycles. The van der Waals surface area contributed by atoms with Crippen molar-refractivity contribution in [2.45, 2.75) is 19.4 Å². The second-order valence-electron chi connectivity index (χ2n) is 8.32. The number of methoxy groups -OCH3 is 1. The Morgan fingerprint density at radius 3 is 2.91 bits per heavy atom. The largest absolute Gasteiger partial charge is 0.500 e. The number of nitrogens with two attached hydrogens (primary N) is 1. The van der Waals surface area contributed by atoms with Gasteiger partial charge in [0.25, 0.3) is 5.91 Å². The lowest BCUT2D eigenvalue weighted by atomic mass is 10.0. The van der Waals surface area contributed by atoms with E-state index in [2.05, 4.69) is 25.4 Å². The maximum Gasteiger partial charge on any atom is 0.263 e. The molecule has 1 aliphatic carbocycles. The number of halogens is 1. The number of nitrogen functional groups attached to an aromatic ring is 1. The number of nitrogens with one attached hydrogen (secondary N) is 1. The zero-order valence-corrected chi connectivity index (χ0v) is 20.2. The van der Waals surface area contributed by atoms with Crippen LogP contribution in [0.3, 0.4) is 0 Å². The second kappa shape index (κ2) is 10.1. The number of morpholine rings is 1. The molecule has 0 unspecified atom stereocenters. The van der Waals surface area contributed by atoms with Crippen molar-refractivity contribution in [2.24, 2.45) is 0 Å². The average molecular weight is 499 g/mol. The topological polar surface area (TPSA) is 125 Å². The molecule has 1 aliphatic heterocycles. The maximum absolute atomic E-state index is 13.3. The summed E-state index contributed by atoms with van der Waals surface area (Å²) in [4.78, 5) is 19.9. The fraction of sp³-hybridized carbons (Fsp3) is 0.391. The fourth-order valence-corrected chi connectivity index (χ4v) is 4.59. The lowest BCUT2D eigenvalue weighted by Gasteiger charge is -2.27. The van der Waals surface area contributed by atoms with Crippen LogP contribution in [0.2, 0.25) is 0 Å². The van der Waals surface area contributed by atoms with Gasteiger partial charge in [-0.2, -0.15) is 5.10 Å². The predicted molar refractivity (Wildman–Crippen MR) is 132 cm³/mol. The summed E-state index contributed by atoms with van der Waals surface area (Å²) in [6.07, 6.45) is 8.16. The molecular weight excluding hydrogens is 472 g/mol. The van der Waals surface area contributed by atoms with Crippen molar-refractivity contribution in [3.8, 4) is 0 Å². The highest BCUT2D eigenvalue weighted by molar-refractivity contribution is 6.30. The molecule has 3 aromatic heterocycles. The molecule has 2 aliphatic rings. The fourth-order valence-electron chi connectivity index (χ4n) is 4.39. The van der Waals surface area contributed by atoms with Crippen molar-refractivity contribution in [1.82, 2.24) is 29.3 Å². The predicted octanol–water partition coefficient (Wildman–Crippen LogP) is 2.37. The van der Waals surface area contributed by atoms with Gasteiger partial charge in [-0.1, -0.05) is 11.6 Å². The average Bonchev–Trinajstić information content (AvgIpc) is 3.42. The molecule has 0 bridgehead atoms. The Labute approximate surface area is 207 Å². The molecule has 0 atom stereocenters. The molecule has 5 rings (SSSR count). The zero-order valence-electron chi connectivity index (χ0n) is 19.4. The monoisotopic (exact) mass is 498 g/mol. The number of carbonyl (C=O) groups excluding carboxylic acids is 1. The summed E-state index contributed by atoms with van der Waals surface area (Å²) in [7, 11) is 1.64. The Hall–Kier alpha value is -3.41. The van der Waals surface area contributed by atoms with Crippen molar-refractivity contribution in [2.75, 3.05) is 51.0 Å². The molecule has 1 saturated heterocycles. The third kappa shape index (κ3) is 4.75. The first-order valence-corrected chi connectivity index (χ1v) is 11.8. The van der Waals surface area contributed by atoms with Gasteiger partial charge in [-0.3, -0.25) is 14.4 Å². The molecule has 0 radical (unpaired) electrons. The van der Waals surface area contributed by atoms with E-state index in [4.69, 9.17) is 26.8 Å².